The first-order valence-electron chi connectivity index (χ1n) is 5.32. The molecule has 0 bridgehead atoms. The lowest BCUT2D eigenvalue weighted by Gasteiger charge is -2.05. The fourth-order valence-electron chi connectivity index (χ4n) is 1.79. The van der Waals surface area contributed by atoms with Gasteiger partial charge in [0.05, 0.1) is 0 Å². The molecule has 0 unspecified atom stereocenters. The van der Waals surface area contributed by atoms with Gasteiger partial charge in [0.1, 0.15) is 11.6 Å². The standard InChI is InChI=1S/C14H8F2S2/c15-11-8-10(14-4-2-6-18-14)12(16)7-9(11)13-3-1-5-17-13/h1-8H. The summed E-state index contributed by atoms with van der Waals surface area (Å²) in [7, 11) is 0. The molecule has 0 atom stereocenters. The van der Waals surface area contributed by atoms with Gasteiger partial charge in [-0.25, -0.2) is 8.78 Å². The molecule has 4 heteroatoms. The van der Waals surface area contributed by atoms with Crippen LogP contribution in [0.1, 0.15) is 0 Å². The Hall–Kier alpha value is -1.52. The fraction of sp³-hybridized carbons (Fsp3) is 0. The van der Waals surface area contributed by atoms with E-state index in [9.17, 15) is 8.78 Å². The van der Waals surface area contributed by atoms with Gasteiger partial charge in [-0.2, -0.15) is 0 Å². The highest BCUT2D eigenvalue weighted by Gasteiger charge is 2.13. The van der Waals surface area contributed by atoms with Crippen LogP contribution >= 0.6 is 22.7 Å². The average Bonchev–Trinajstić information content (AvgIpc) is 3.02. The summed E-state index contributed by atoms with van der Waals surface area (Å²) >= 11 is 2.80. The molecule has 0 saturated carbocycles. The molecule has 0 amide bonds. The van der Waals surface area contributed by atoms with E-state index >= 15 is 0 Å². The minimum Gasteiger partial charge on any atom is -0.206 e. The van der Waals surface area contributed by atoms with Crippen molar-refractivity contribution in [3.63, 3.8) is 0 Å². The van der Waals surface area contributed by atoms with E-state index in [0.717, 1.165) is 9.75 Å². The lowest BCUT2D eigenvalue weighted by Crippen LogP contribution is -1.88. The van der Waals surface area contributed by atoms with E-state index in [1.807, 2.05) is 22.9 Å². The molecule has 0 aliphatic carbocycles. The van der Waals surface area contributed by atoms with E-state index in [4.69, 9.17) is 0 Å². The van der Waals surface area contributed by atoms with E-state index in [2.05, 4.69) is 0 Å². The van der Waals surface area contributed by atoms with Crippen LogP contribution in [0.2, 0.25) is 0 Å². The molecule has 0 aliphatic heterocycles. The Kier molecular flexibility index (Phi) is 2.97. The predicted octanol–water partition coefficient (Wildman–Crippen LogP) is 5.42. The molecule has 18 heavy (non-hydrogen) atoms. The summed E-state index contributed by atoms with van der Waals surface area (Å²) in [5.74, 6) is -0.774. The third-order valence-corrected chi connectivity index (χ3v) is 4.44. The molecule has 3 aromatic rings. The zero-order valence-corrected chi connectivity index (χ0v) is 10.8. The Morgan fingerprint density at radius 1 is 0.722 bits per heavy atom. The quantitative estimate of drug-likeness (QED) is 0.587. The Morgan fingerprint density at radius 2 is 1.17 bits per heavy atom. The SMILES string of the molecule is Fc1cc(-c2cccs2)c(F)cc1-c1cccs1. The minimum absolute atomic E-state index is 0.322. The maximum Gasteiger partial charge on any atom is 0.132 e. The predicted molar refractivity (Wildman–Crippen MR) is 73.0 cm³/mol. The normalized spacial score (nSPS) is 10.8. The van der Waals surface area contributed by atoms with Crippen molar-refractivity contribution in [2.24, 2.45) is 0 Å². The third kappa shape index (κ3) is 1.98. The first kappa shape index (κ1) is 11.6. The van der Waals surface area contributed by atoms with Crippen molar-refractivity contribution in [3.8, 4) is 20.9 Å². The van der Waals surface area contributed by atoms with Gasteiger partial charge < -0.3 is 0 Å². The van der Waals surface area contributed by atoms with Gasteiger partial charge in [0.2, 0.25) is 0 Å². The molecule has 90 valence electrons. The van der Waals surface area contributed by atoms with Crippen molar-refractivity contribution < 1.29 is 8.78 Å². The largest absolute Gasteiger partial charge is 0.206 e. The summed E-state index contributed by atoms with van der Waals surface area (Å²) in [5, 5.41) is 3.69. The van der Waals surface area contributed by atoms with Crippen molar-refractivity contribution >= 4 is 22.7 Å². The van der Waals surface area contributed by atoms with Crippen molar-refractivity contribution in [2.75, 3.05) is 0 Å². The highest BCUT2D eigenvalue weighted by Crippen LogP contribution is 2.34. The highest BCUT2D eigenvalue weighted by atomic mass is 32.1. The molecule has 2 heterocycles. The summed E-state index contributed by atoms with van der Waals surface area (Å²) in [4.78, 5) is 1.48. The molecule has 2 aromatic heterocycles. The summed E-state index contributed by atoms with van der Waals surface area (Å²) in [6.45, 7) is 0. The second-order valence-electron chi connectivity index (χ2n) is 3.77. The van der Waals surface area contributed by atoms with E-state index in [1.165, 1.54) is 34.8 Å². The fourth-order valence-corrected chi connectivity index (χ4v) is 3.28. The van der Waals surface area contributed by atoms with Crippen LogP contribution in [0.25, 0.3) is 20.9 Å². The van der Waals surface area contributed by atoms with Crippen LogP contribution in [0, 0.1) is 11.6 Å². The van der Waals surface area contributed by atoms with Crippen LogP contribution in [0.3, 0.4) is 0 Å². The summed E-state index contributed by atoms with van der Waals surface area (Å²) in [5.41, 5.74) is 0.644. The highest BCUT2D eigenvalue weighted by molar-refractivity contribution is 7.13. The number of thiophene rings is 2. The lowest BCUT2D eigenvalue weighted by molar-refractivity contribution is 0.607. The van der Waals surface area contributed by atoms with Gasteiger partial charge in [0.25, 0.3) is 0 Å². The molecule has 0 N–H and O–H groups in total. The van der Waals surface area contributed by atoms with E-state index in [0.29, 0.717) is 11.1 Å². The molecular formula is C14H8F2S2. The molecule has 0 aliphatic rings. The average molecular weight is 278 g/mol. The monoisotopic (exact) mass is 278 g/mol. The van der Waals surface area contributed by atoms with Gasteiger partial charge in [-0.1, -0.05) is 12.1 Å². The van der Waals surface area contributed by atoms with Gasteiger partial charge in [-0.15, -0.1) is 22.7 Å². The van der Waals surface area contributed by atoms with Crippen LogP contribution in [0.4, 0.5) is 8.78 Å². The Labute approximate surface area is 111 Å². The van der Waals surface area contributed by atoms with Gasteiger partial charge in [0.15, 0.2) is 0 Å². The smallest absolute Gasteiger partial charge is 0.132 e. The molecule has 0 spiro atoms. The number of hydrogen-bond acceptors (Lipinski definition) is 2. The summed E-state index contributed by atoms with van der Waals surface area (Å²) < 4.78 is 28.1. The van der Waals surface area contributed by atoms with Crippen LogP contribution in [0.5, 0.6) is 0 Å². The van der Waals surface area contributed by atoms with Crippen molar-refractivity contribution in [2.45, 2.75) is 0 Å². The van der Waals surface area contributed by atoms with Gasteiger partial charge in [-0.3, -0.25) is 0 Å². The number of benzene rings is 1. The number of rotatable bonds is 2. The van der Waals surface area contributed by atoms with E-state index < -0.39 is 0 Å². The minimum atomic E-state index is -0.387. The zero-order valence-electron chi connectivity index (χ0n) is 9.19. The van der Waals surface area contributed by atoms with Gasteiger partial charge in [0, 0.05) is 20.9 Å². The molecule has 0 fully saturated rings. The van der Waals surface area contributed by atoms with Crippen LogP contribution < -0.4 is 0 Å². The molecule has 3 rings (SSSR count). The van der Waals surface area contributed by atoms with Crippen LogP contribution in [-0.2, 0) is 0 Å². The van der Waals surface area contributed by atoms with E-state index in [1.54, 1.807) is 12.1 Å². The molecule has 0 radical (unpaired) electrons. The molecular weight excluding hydrogens is 270 g/mol. The maximum atomic E-state index is 14.0. The molecule has 1 aromatic carbocycles. The second-order valence-corrected chi connectivity index (χ2v) is 5.66. The number of halogens is 2. The lowest BCUT2D eigenvalue weighted by atomic mass is 10.1. The maximum absolute atomic E-state index is 14.0. The Morgan fingerprint density at radius 3 is 1.50 bits per heavy atom. The second kappa shape index (κ2) is 4.63. The van der Waals surface area contributed by atoms with Crippen molar-refractivity contribution in [3.05, 3.63) is 58.8 Å². The van der Waals surface area contributed by atoms with Gasteiger partial charge in [-0.05, 0) is 35.0 Å². The topological polar surface area (TPSA) is 0 Å². The molecule has 0 saturated heterocycles. The first-order chi connectivity index (χ1) is 8.75. The third-order valence-electron chi connectivity index (χ3n) is 2.63. The Bertz CT molecular complexity index is 595. The van der Waals surface area contributed by atoms with Crippen molar-refractivity contribution in [1.29, 1.82) is 0 Å². The van der Waals surface area contributed by atoms with Crippen molar-refractivity contribution in [1.82, 2.24) is 0 Å². The van der Waals surface area contributed by atoms with E-state index in [-0.39, 0.29) is 11.6 Å². The first-order valence-corrected chi connectivity index (χ1v) is 7.08. The summed E-state index contributed by atoms with van der Waals surface area (Å²) in [6, 6.07) is 9.77. The molecule has 0 nitrogen and oxygen atoms in total. The van der Waals surface area contributed by atoms with Crippen LogP contribution in [0.15, 0.2) is 47.2 Å². The summed E-state index contributed by atoms with van der Waals surface area (Å²) in [6.07, 6.45) is 0. The van der Waals surface area contributed by atoms with Crippen LogP contribution in [-0.4, -0.2) is 0 Å². The zero-order chi connectivity index (χ0) is 12.5. The number of hydrogen-bond donors (Lipinski definition) is 0. The Balaban J connectivity index is 2.15. The van der Waals surface area contributed by atoms with Gasteiger partial charge >= 0.3 is 0 Å².